The molecule has 2 rings (SSSR count). The lowest BCUT2D eigenvalue weighted by Gasteiger charge is -2.47. The summed E-state index contributed by atoms with van der Waals surface area (Å²) in [6.07, 6.45) is 2.26. The molecule has 2 aliphatic heterocycles. The molecule has 0 radical (unpaired) electrons. The highest BCUT2D eigenvalue weighted by atomic mass is 16.5. The quantitative estimate of drug-likeness (QED) is 0.594. The van der Waals surface area contributed by atoms with Crippen molar-refractivity contribution >= 4 is 5.91 Å². The van der Waals surface area contributed by atoms with Gasteiger partial charge in [-0.25, -0.2) is 0 Å². The number of carbonyl (C=O) groups is 1. The Labute approximate surface area is 86.4 Å². The predicted molar refractivity (Wildman–Crippen MR) is 56.1 cm³/mol. The summed E-state index contributed by atoms with van der Waals surface area (Å²) in [6, 6.07) is 0. The number of amides is 1. The van der Waals surface area contributed by atoms with E-state index in [1.54, 1.807) is 6.92 Å². The highest BCUT2D eigenvalue weighted by Crippen LogP contribution is 2.38. The van der Waals surface area contributed by atoms with Gasteiger partial charge in [-0.3, -0.25) is 4.79 Å². The maximum Gasteiger partial charge on any atom is 0.219 e. The number of ether oxygens (including phenoxy) is 1. The Bertz CT molecular complexity index is 189. The van der Waals surface area contributed by atoms with Gasteiger partial charge in [0.15, 0.2) is 0 Å². The van der Waals surface area contributed by atoms with E-state index in [2.05, 4.69) is 0 Å². The van der Waals surface area contributed by atoms with Crippen molar-refractivity contribution in [2.75, 3.05) is 26.3 Å². The van der Waals surface area contributed by atoms with Gasteiger partial charge in [-0.1, -0.05) is 13.8 Å². The first-order chi connectivity index (χ1) is 6.72. The van der Waals surface area contributed by atoms with E-state index < -0.39 is 0 Å². The molecule has 1 spiro atoms. The van der Waals surface area contributed by atoms with E-state index in [-0.39, 0.29) is 5.91 Å². The summed E-state index contributed by atoms with van der Waals surface area (Å²) in [5, 5.41) is 0. The Morgan fingerprint density at radius 1 is 1.21 bits per heavy atom. The van der Waals surface area contributed by atoms with Gasteiger partial charge in [0.1, 0.15) is 0 Å². The molecule has 82 valence electrons. The van der Waals surface area contributed by atoms with Crippen molar-refractivity contribution in [1.82, 2.24) is 4.90 Å². The second kappa shape index (κ2) is 4.78. The van der Waals surface area contributed by atoms with Crippen molar-refractivity contribution in [3.8, 4) is 0 Å². The maximum atomic E-state index is 11.0. The van der Waals surface area contributed by atoms with Gasteiger partial charge in [-0.05, 0) is 12.8 Å². The maximum absolute atomic E-state index is 11.0. The first-order valence-electron chi connectivity index (χ1n) is 5.55. The van der Waals surface area contributed by atoms with Gasteiger partial charge in [0.2, 0.25) is 5.91 Å². The van der Waals surface area contributed by atoms with E-state index in [0.717, 1.165) is 39.1 Å². The number of piperidine rings is 1. The minimum atomic E-state index is 0.213. The molecule has 2 saturated heterocycles. The SMILES string of the molecule is CC.CC(=O)N1CCC2(CC1)COC2. The standard InChI is InChI=1S/C9H15NO2.C2H6/c1-8(11)10-4-2-9(3-5-10)6-12-7-9;1-2/h2-7H2,1H3;1-2H3. The Morgan fingerprint density at radius 2 is 1.71 bits per heavy atom. The topological polar surface area (TPSA) is 29.5 Å². The lowest BCUT2D eigenvalue weighted by Crippen LogP contribution is -2.51. The van der Waals surface area contributed by atoms with E-state index in [9.17, 15) is 4.79 Å². The van der Waals surface area contributed by atoms with E-state index >= 15 is 0 Å². The van der Waals surface area contributed by atoms with Crippen molar-refractivity contribution in [3.63, 3.8) is 0 Å². The summed E-state index contributed by atoms with van der Waals surface area (Å²) in [6.45, 7) is 9.34. The highest BCUT2D eigenvalue weighted by molar-refractivity contribution is 5.73. The molecule has 0 N–H and O–H groups in total. The lowest BCUT2D eigenvalue weighted by atomic mass is 9.77. The van der Waals surface area contributed by atoms with Crippen molar-refractivity contribution < 1.29 is 9.53 Å². The third-order valence-electron chi connectivity index (χ3n) is 3.09. The van der Waals surface area contributed by atoms with E-state index in [1.807, 2.05) is 18.7 Å². The van der Waals surface area contributed by atoms with Crippen LogP contribution in [0.3, 0.4) is 0 Å². The fourth-order valence-corrected chi connectivity index (χ4v) is 1.98. The number of carbonyl (C=O) groups excluding carboxylic acids is 1. The second-order valence-electron chi connectivity index (χ2n) is 4.00. The average molecular weight is 199 g/mol. The lowest BCUT2D eigenvalue weighted by molar-refractivity contribution is -0.151. The first-order valence-corrected chi connectivity index (χ1v) is 5.55. The number of likely N-dealkylation sites (tertiary alicyclic amines) is 1. The molecular formula is C11H21NO2. The van der Waals surface area contributed by atoms with Gasteiger partial charge >= 0.3 is 0 Å². The molecule has 0 bridgehead atoms. The van der Waals surface area contributed by atoms with Crippen molar-refractivity contribution in [3.05, 3.63) is 0 Å². The van der Waals surface area contributed by atoms with Crippen LogP contribution in [0.2, 0.25) is 0 Å². The second-order valence-corrected chi connectivity index (χ2v) is 4.00. The zero-order valence-electron chi connectivity index (χ0n) is 9.51. The summed E-state index contributed by atoms with van der Waals surface area (Å²) in [5.74, 6) is 0.213. The number of hydrogen-bond acceptors (Lipinski definition) is 2. The smallest absolute Gasteiger partial charge is 0.219 e. The third kappa shape index (κ3) is 2.27. The van der Waals surface area contributed by atoms with Crippen molar-refractivity contribution in [2.45, 2.75) is 33.6 Å². The molecule has 3 nitrogen and oxygen atoms in total. The van der Waals surface area contributed by atoms with Crippen LogP contribution in [-0.4, -0.2) is 37.1 Å². The van der Waals surface area contributed by atoms with Crippen molar-refractivity contribution in [1.29, 1.82) is 0 Å². The average Bonchev–Trinajstić information content (AvgIpc) is 2.19. The highest BCUT2D eigenvalue weighted by Gasteiger charge is 2.41. The molecule has 0 unspecified atom stereocenters. The summed E-state index contributed by atoms with van der Waals surface area (Å²) in [4.78, 5) is 12.9. The summed E-state index contributed by atoms with van der Waals surface area (Å²) in [7, 11) is 0. The first kappa shape index (κ1) is 11.5. The van der Waals surface area contributed by atoms with Crippen LogP contribution in [0.1, 0.15) is 33.6 Å². The Morgan fingerprint density at radius 3 is 2.00 bits per heavy atom. The molecule has 0 aliphatic carbocycles. The number of hydrogen-bond donors (Lipinski definition) is 0. The Balaban J connectivity index is 0.000000461. The van der Waals surface area contributed by atoms with Crippen LogP contribution < -0.4 is 0 Å². The van der Waals surface area contributed by atoms with Gasteiger partial charge in [-0.15, -0.1) is 0 Å². The van der Waals surface area contributed by atoms with Crippen LogP contribution in [0.5, 0.6) is 0 Å². The zero-order chi connectivity index (χ0) is 10.6. The number of nitrogens with zero attached hydrogens (tertiary/aromatic N) is 1. The molecule has 0 aromatic carbocycles. The Kier molecular flexibility index (Phi) is 3.93. The van der Waals surface area contributed by atoms with Gasteiger partial charge in [0.25, 0.3) is 0 Å². The summed E-state index contributed by atoms with van der Waals surface area (Å²) < 4.78 is 5.21. The molecular weight excluding hydrogens is 178 g/mol. The van der Waals surface area contributed by atoms with E-state index in [1.165, 1.54) is 0 Å². The third-order valence-corrected chi connectivity index (χ3v) is 3.09. The minimum Gasteiger partial charge on any atom is -0.380 e. The minimum absolute atomic E-state index is 0.213. The molecule has 0 aromatic rings. The molecule has 14 heavy (non-hydrogen) atoms. The normalized spacial score (nSPS) is 23.5. The van der Waals surface area contributed by atoms with Crippen LogP contribution in [0.4, 0.5) is 0 Å². The molecule has 2 fully saturated rings. The molecule has 2 heterocycles. The van der Waals surface area contributed by atoms with Gasteiger partial charge in [0, 0.05) is 25.4 Å². The molecule has 2 aliphatic rings. The summed E-state index contributed by atoms with van der Waals surface area (Å²) >= 11 is 0. The van der Waals surface area contributed by atoms with Crippen LogP contribution in [0, 0.1) is 5.41 Å². The fraction of sp³-hybridized carbons (Fsp3) is 0.909. The van der Waals surface area contributed by atoms with Gasteiger partial charge in [-0.2, -0.15) is 0 Å². The van der Waals surface area contributed by atoms with Gasteiger partial charge in [0.05, 0.1) is 13.2 Å². The Hall–Kier alpha value is -0.570. The van der Waals surface area contributed by atoms with Crippen LogP contribution >= 0.6 is 0 Å². The largest absolute Gasteiger partial charge is 0.380 e. The van der Waals surface area contributed by atoms with E-state index in [0.29, 0.717) is 5.41 Å². The molecule has 0 atom stereocenters. The summed E-state index contributed by atoms with van der Waals surface area (Å²) in [5.41, 5.74) is 0.450. The van der Waals surface area contributed by atoms with Crippen LogP contribution in [-0.2, 0) is 9.53 Å². The fourth-order valence-electron chi connectivity index (χ4n) is 1.98. The molecule has 3 heteroatoms. The molecule has 1 amide bonds. The number of rotatable bonds is 0. The van der Waals surface area contributed by atoms with Crippen LogP contribution in [0.15, 0.2) is 0 Å². The molecule has 0 aromatic heterocycles. The monoisotopic (exact) mass is 199 g/mol. The zero-order valence-corrected chi connectivity index (χ0v) is 9.51. The molecule has 0 saturated carbocycles. The van der Waals surface area contributed by atoms with E-state index in [4.69, 9.17) is 4.74 Å². The van der Waals surface area contributed by atoms with Crippen LogP contribution in [0.25, 0.3) is 0 Å². The predicted octanol–water partition coefficient (Wildman–Crippen LogP) is 1.67. The van der Waals surface area contributed by atoms with Crippen molar-refractivity contribution in [2.24, 2.45) is 5.41 Å². The van der Waals surface area contributed by atoms with Gasteiger partial charge < -0.3 is 9.64 Å².